The van der Waals surface area contributed by atoms with Crippen molar-refractivity contribution in [3.8, 4) is 5.75 Å². The molecule has 0 spiro atoms. The molecule has 0 saturated carbocycles. The van der Waals surface area contributed by atoms with Gasteiger partial charge in [0.1, 0.15) is 12.4 Å². The van der Waals surface area contributed by atoms with Crippen molar-refractivity contribution in [3.05, 3.63) is 60.2 Å². The van der Waals surface area contributed by atoms with Crippen molar-refractivity contribution >= 4 is 11.6 Å². The molecule has 1 aliphatic heterocycles. The van der Waals surface area contributed by atoms with Gasteiger partial charge in [0, 0.05) is 18.8 Å². The number of carbonyl (C=O) groups excluding carboxylic acids is 1. The van der Waals surface area contributed by atoms with Crippen LogP contribution < -0.4 is 15.4 Å². The standard InChI is InChI=1S/C20H24N2O3/c23-20(14-21-13-19-7-4-12-24-19)22-17-8-10-18(11-9-17)25-15-16-5-2-1-3-6-16/h1-3,5-6,8-11,19,21H,4,7,12-15H2,(H,22,23). The molecule has 0 radical (unpaired) electrons. The number of amides is 1. The van der Waals surface area contributed by atoms with Gasteiger partial charge in [-0.05, 0) is 42.7 Å². The molecule has 5 nitrogen and oxygen atoms in total. The predicted octanol–water partition coefficient (Wildman–Crippen LogP) is 2.97. The maximum atomic E-state index is 11.9. The highest BCUT2D eigenvalue weighted by atomic mass is 16.5. The average molecular weight is 340 g/mol. The summed E-state index contributed by atoms with van der Waals surface area (Å²) >= 11 is 0. The van der Waals surface area contributed by atoms with Gasteiger partial charge in [0.05, 0.1) is 12.6 Å². The molecule has 1 aliphatic rings. The van der Waals surface area contributed by atoms with Crippen LogP contribution in [0.3, 0.4) is 0 Å². The molecule has 2 aromatic carbocycles. The molecule has 0 bridgehead atoms. The number of hydrogen-bond acceptors (Lipinski definition) is 4. The Morgan fingerprint density at radius 3 is 2.64 bits per heavy atom. The summed E-state index contributed by atoms with van der Waals surface area (Å²) in [5.41, 5.74) is 1.88. The lowest BCUT2D eigenvalue weighted by Crippen LogP contribution is -2.33. The van der Waals surface area contributed by atoms with E-state index in [4.69, 9.17) is 9.47 Å². The average Bonchev–Trinajstić information content (AvgIpc) is 3.15. The molecule has 0 aromatic heterocycles. The molecule has 0 aliphatic carbocycles. The zero-order valence-electron chi connectivity index (χ0n) is 14.2. The number of anilines is 1. The number of benzene rings is 2. The van der Waals surface area contributed by atoms with Gasteiger partial charge in [-0.3, -0.25) is 4.79 Å². The molecular formula is C20H24N2O3. The molecule has 1 heterocycles. The van der Waals surface area contributed by atoms with Gasteiger partial charge in [-0.25, -0.2) is 0 Å². The summed E-state index contributed by atoms with van der Waals surface area (Å²) in [4.78, 5) is 11.9. The minimum atomic E-state index is -0.0593. The van der Waals surface area contributed by atoms with Gasteiger partial charge < -0.3 is 20.1 Å². The Bertz CT molecular complexity index is 652. The third-order valence-electron chi connectivity index (χ3n) is 4.07. The van der Waals surface area contributed by atoms with E-state index in [0.717, 1.165) is 43.0 Å². The van der Waals surface area contributed by atoms with Crippen LogP contribution in [0.4, 0.5) is 5.69 Å². The summed E-state index contributed by atoms with van der Waals surface area (Å²) in [6.07, 6.45) is 2.42. The van der Waals surface area contributed by atoms with Gasteiger partial charge >= 0.3 is 0 Å². The first-order chi connectivity index (χ1) is 12.3. The van der Waals surface area contributed by atoms with Crippen LogP contribution in [0.25, 0.3) is 0 Å². The minimum Gasteiger partial charge on any atom is -0.489 e. The first kappa shape index (κ1) is 17.5. The van der Waals surface area contributed by atoms with Crippen LogP contribution in [-0.2, 0) is 16.1 Å². The van der Waals surface area contributed by atoms with E-state index in [0.29, 0.717) is 6.61 Å². The molecule has 5 heteroatoms. The molecule has 3 rings (SSSR count). The molecule has 2 aromatic rings. The SMILES string of the molecule is O=C(CNCC1CCCO1)Nc1ccc(OCc2ccccc2)cc1. The summed E-state index contributed by atoms with van der Waals surface area (Å²) in [6.45, 7) is 2.36. The first-order valence-corrected chi connectivity index (χ1v) is 8.68. The number of rotatable bonds is 8. The summed E-state index contributed by atoms with van der Waals surface area (Å²) in [7, 11) is 0. The van der Waals surface area contributed by atoms with E-state index in [2.05, 4.69) is 10.6 Å². The van der Waals surface area contributed by atoms with E-state index in [1.54, 1.807) is 0 Å². The zero-order valence-corrected chi connectivity index (χ0v) is 14.2. The van der Waals surface area contributed by atoms with Crippen LogP contribution in [0.2, 0.25) is 0 Å². The highest BCUT2D eigenvalue weighted by Crippen LogP contribution is 2.17. The van der Waals surface area contributed by atoms with Gasteiger partial charge in [-0.1, -0.05) is 30.3 Å². The summed E-state index contributed by atoms with van der Waals surface area (Å²) in [5.74, 6) is 0.717. The minimum absolute atomic E-state index is 0.0593. The quantitative estimate of drug-likeness (QED) is 0.776. The second-order valence-corrected chi connectivity index (χ2v) is 6.11. The van der Waals surface area contributed by atoms with Crippen molar-refractivity contribution < 1.29 is 14.3 Å². The van der Waals surface area contributed by atoms with Gasteiger partial charge in [0.15, 0.2) is 0 Å². The molecule has 1 atom stereocenters. The number of carbonyl (C=O) groups is 1. The Balaban J connectivity index is 1.38. The van der Waals surface area contributed by atoms with Crippen LogP contribution in [-0.4, -0.2) is 31.7 Å². The van der Waals surface area contributed by atoms with Crippen LogP contribution >= 0.6 is 0 Å². The molecule has 1 fully saturated rings. The molecule has 25 heavy (non-hydrogen) atoms. The largest absolute Gasteiger partial charge is 0.489 e. The summed E-state index contributed by atoms with van der Waals surface area (Å²) in [6, 6.07) is 17.4. The molecule has 2 N–H and O–H groups in total. The Kier molecular flexibility index (Phi) is 6.42. The van der Waals surface area contributed by atoms with Crippen LogP contribution in [0.15, 0.2) is 54.6 Å². The van der Waals surface area contributed by atoms with E-state index >= 15 is 0 Å². The Labute approximate surface area is 148 Å². The van der Waals surface area contributed by atoms with Crippen molar-refractivity contribution in [1.29, 1.82) is 0 Å². The maximum Gasteiger partial charge on any atom is 0.238 e. The van der Waals surface area contributed by atoms with E-state index < -0.39 is 0 Å². The molecular weight excluding hydrogens is 316 g/mol. The van der Waals surface area contributed by atoms with Gasteiger partial charge in [0.2, 0.25) is 5.91 Å². The smallest absolute Gasteiger partial charge is 0.238 e. The van der Waals surface area contributed by atoms with Crippen LogP contribution in [0.1, 0.15) is 18.4 Å². The van der Waals surface area contributed by atoms with Crippen molar-refractivity contribution in [2.45, 2.75) is 25.6 Å². The van der Waals surface area contributed by atoms with Crippen molar-refractivity contribution in [2.75, 3.05) is 25.0 Å². The summed E-state index contributed by atoms with van der Waals surface area (Å²) < 4.78 is 11.2. The third-order valence-corrected chi connectivity index (χ3v) is 4.07. The van der Waals surface area contributed by atoms with Gasteiger partial charge in [0.25, 0.3) is 0 Å². The highest BCUT2D eigenvalue weighted by Gasteiger charge is 2.15. The second kappa shape index (κ2) is 9.20. The van der Waals surface area contributed by atoms with Crippen molar-refractivity contribution in [3.63, 3.8) is 0 Å². The van der Waals surface area contributed by atoms with Crippen molar-refractivity contribution in [2.24, 2.45) is 0 Å². The van der Waals surface area contributed by atoms with E-state index in [1.807, 2.05) is 54.6 Å². The lowest BCUT2D eigenvalue weighted by molar-refractivity contribution is -0.115. The first-order valence-electron chi connectivity index (χ1n) is 8.68. The lowest BCUT2D eigenvalue weighted by atomic mass is 10.2. The number of hydrogen-bond donors (Lipinski definition) is 2. The van der Waals surface area contributed by atoms with Crippen LogP contribution in [0.5, 0.6) is 5.75 Å². The summed E-state index contributed by atoms with van der Waals surface area (Å²) in [5, 5.41) is 6.01. The Hall–Kier alpha value is -2.37. The fourth-order valence-electron chi connectivity index (χ4n) is 2.73. The second-order valence-electron chi connectivity index (χ2n) is 6.11. The van der Waals surface area contributed by atoms with E-state index in [1.165, 1.54) is 0 Å². The van der Waals surface area contributed by atoms with Gasteiger partial charge in [-0.15, -0.1) is 0 Å². The predicted molar refractivity (Wildman–Crippen MR) is 97.7 cm³/mol. The van der Waals surface area contributed by atoms with Crippen LogP contribution in [0, 0.1) is 0 Å². The molecule has 132 valence electrons. The monoisotopic (exact) mass is 340 g/mol. The number of ether oxygens (including phenoxy) is 2. The molecule has 1 unspecified atom stereocenters. The zero-order chi connectivity index (χ0) is 17.3. The fraction of sp³-hybridized carbons (Fsp3) is 0.350. The van der Waals surface area contributed by atoms with Gasteiger partial charge in [-0.2, -0.15) is 0 Å². The van der Waals surface area contributed by atoms with Crippen molar-refractivity contribution in [1.82, 2.24) is 5.32 Å². The lowest BCUT2D eigenvalue weighted by Gasteiger charge is -2.11. The van der Waals surface area contributed by atoms with E-state index in [9.17, 15) is 4.79 Å². The Morgan fingerprint density at radius 1 is 1.12 bits per heavy atom. The Morgan fingerprint density at radius 2 is 1.92 bits per heavy atom. The fourth-order valence-corrected chi connectivity index (χ4v) is 2.73. The number of nitrogens with one attached hydrogen (secondary N) is 2. The van der Waals surface area contributed by atoms with E-state index in [-0.39, 0.29) is 18.6 Å². The topological polar surface area (TPSA) is 59.6 Å². The third kappa shape index (κ3) is 5.89. The highest BCUT2D eigenvalue weighted by molar-refractivity contribution is 5.92. The molecule has 1 saturated heterocycles. The maximum absolute atomic E-state index is 11.9. The normalized spacial score (nSPS) is 16.6. The molecule has 1 amide bonds.